The molecular weight excluding hydrogens is 284 g/mol. The number of carbonyl (C=O) groups excluding carboxylic acids is 2. The maximum atomic E-state index is 11.5. The summed E-state index contributed by atoms with van der Waals surface area (Å²) >= 11 is 5.71. The normalized spacial score (nSPS) is 9.85. The number of aliphatic carboxylic acids is 1. The summed E-state index contributed by atoms with van der Waals surface area (Å²) in [6.45, 7) is -0.126. The van der Waals surface area contributed by atoms with Gasteiger partial charge in [-0.15, -0.1) is 0 Å². The van der Waals surface area contributed by atoms with Crippen LogP contribution in [0.4, 0.5) is 10.5 Å². The highest BCUT2D eigenvalue weighted by atomic mass is 35.5. The van der Waals surface area contributed by atoms with E-state index in [0.717, 1.165) is 0 Å². The van der Waals surface area contributed by atoms with E-state index in [1.807, 2.05) is 0 Å². The highest BCUT2D eigenvalue weighted by molar-refractivity contribution is 6.30. The van der Waals surface area contributed by atoms with Crippen molar-refractivity contribution >= 4 is 35.1 Å². The van der Waals surface area contributed by atoms with Gasteiger partial charge < -0.3 is 15.7 Å². The van der Waals surface area contributed by atoms with E-state index in [1.165, 1.54) is 0 Å². The van der Waals surface area contributed by atoms with Crippen LogP contribution in [0, 0.1) is 0 Å². The first-order chi connectivity index (χ1) is 9.47. The Balaban J connectivity index is 2.24. The average Bonchev–Trinajstić information content (AvgIpc) is 2.39. The number of amides is 2. The van der Waals surface area contributed by atoms with Crippen molar-refractivity contribution in [2.45, 2.75) is 19.3 Å². The Morgan fingerprint density at radius 1 is 1.10 bits per heavy atom. The molecule has 1 rings (SSSR count). The number of anilines is 1. The molecule has 1 aromatic rings. The molecule has 3 N–H and O–H groups in total. The van der Waals surface area contributed by atoms with Gasteiger partial charge in [-0.2, -0.15) is 0 Å². The number of rotatable bonds is 7. The second kappa shape index (κ2) is 8.16. The summed E-state index contributed by atoms with van der Waals surface area (Å²) < 4.78 is 0. The zero-order valence-corrected chi connectivity index (χ0v) is 11.4. The van der Waals surface area contributed by atoms with Gasteiger partial charge in [-0.3, -0.25) is 9.59 Å². The van der Waals surface area contributed by atoms with Gasteiger partial charge in [-0.25, -0.2) is 4.79 Å². The molecule has 0 aromatic heterocycles. The Morgan fingerprint density at radius 2 is 1.75 bits per heavy atom. The van der Waals surface area contributed by atoms with Crippen molar-refractivity contribution in [3.05, 3.63) is 29.3 Å². The molecule has 7 heteroatoms. The molecule has 1 aromatic carbocycles. The first-order valence-corrected chi connectivity index (χ1v) is 6.39. The number of Topliss-reactive ketones (excluding diaryl/α,β-unsaturated/α-hetero) is 1. The summed E-state index contributed by atoms with van der Waals surface area (Å²) in [5, 5.41) is 13.9. The fourth-order valence-corrected chi connectivity index (χ4v) is 1.54. The molecule has 0 saturated carbocycles. The number of halogens is 1. The van der Waals surface area contributed by atoms with Crippen LogP contribution in [-0.4, -0.2) is 29.4 Å². The van der Waals surface area contributed by atoms with Crippen LogP contribution in [0.2, 0.25) is 5.02 Å². The summed E-state index contributed by atoms with van der Waals surface area (Å²) in [6, 6.07) is 6.04. The van der Waals surface area contributed by atoms with Crippen LogP contribution in [-0.2, 0) is 9.59 Å². The molecule has 0 heterocycles. The molecule has 20 heavy (non-hydrogen) atoms. The lowest BCUT2D eigenvalue weighted by atomic mass is 10.2. The molecule has 0 aliphatic heterocycles. The van der Waals surface area contributed by atoms with Gasteiger partial charge in [-0.05, 0) is 30.7 Å². The molecule has 0 unspecified atom stereocenters. The Labute approximate surface area is 121 Å². The van der Waals surface area contributed by atoms with Gasteiger partial charge in [0.1, 0.15) is 0 Å². The van der Waals surface area contributed by atoms with E-state index in [4.69, 9.17) is 16.7 Å². The Kier molecular flexibility index (Phi) is 6.52. The van der Waals surface area contributed by atoms with Crippen molar-refractivity contribution in [1.82, 2.24) is 5.32 Å². The SMILES string of the molecule is O=C(O)CCCC(=O)CNC(=O)Nc1ccc(Cl)cc1. The highest BCUT2D eigenvalue weighted by Crippen LogP contribution is 2.12. The van der Waals surface area contributed by atoms with Gasteiger partial charge in [0.05, 0.1) is 6.54 Å². The summed E-state index contributed by atoms with van der Waals surface area (Å²) in [4.78, 5) is 33.1. The molecule has 6 nitrogen and oxygen atoms in total. The quantitative estimate of drug-likeness (QED) is 0.719. The minimum Gasteiger partial charge on any atom is -0.481 e. The maximum Gasteiger partial charge on any atom is 0.319 e. The second-order valence-corrected chi connectivity index (χ2v) is 4.54. The lowest BCUT2D eigenvalue weighted by Gasteiger charge is -2.07. The Hall–Kier alpha value is -2.08. The predicted molar refractivity (Wildman–Crippen MR) is 75.0 cm³/mol. The average molecular weight is 299 g/mol. The molecule has 0 aliphatic carbocycles. The first kappa shape index (κ1) is 16.0. The molecule has 0 spiro atoms. The molecule has 0 atom stereocenters. The number of benzene rings is 1. The lowest BCUT2D eigenvalue weighted by molar-refractivity contribution is -0.137. The summed E-state index contributed by atoms with van der Waals surface area (Å²) in [5.41, 5.74) is 0.560. The number of carboxylic acid groups (broad SMARTS) is 1. The second-order valence-electron chi connectivity index (χ2n) is 4.10. The third-order valence-electron chi connectivity index (χ3n) is 2.39. The fourth-order valence-electron chi connectivity index (χ4n) is 1.41. The molecule has 0 fully saturated rings. The number of ketones is 1. The number of hydrogen-bond donors (Lipinski definition) is 3. The number of carbonyl (C=O) groups is 3. The summed E-state index contributed by atoms with van der Waals surface area (Å²) in [5.74, 6) is -1.15. The first-order valence-electron chi connectivity index (χ1n) is 6.01. The van der Waals surface area contributed by atoms with Crippen molar-refractivity contribution in [1.29, 1.82) is 0 Å². The third-order valence-corrected chi connectivity index (χ3v) is 2.65. The van der Waals surface area contributed by atoms with Crippen molar-refractivity contribution in [3.8, 4) is 0 Å². The molecule has 0 saturated heterocycles. The van der Waals surface area contributed by atoms with E-state index in [1.54, 1.807) is 24.3 Å². The monoisotopic (exact) mass is 298 g/mol. The van der Waals surface area contributed by atoms with E-state index >= 15 is 0 Å². The van der Waals surface area contributed by atoms with E-state index in [0.29, 0.717) is 10.7 Å². The molecule has 0 aliphatic rings. The van der Waals surface area contributed by atoms with Gasteiger partial charge >= 0.3 is 12.0 Å². The van der Waals surface area contributed by atoms with Crippen molar-refractivity contribution in [3.63, 3.8) is 0 Å². The van der Waals surface area contributed by atoms with Crippen molar-refractivity contribution in [2.75, 3.05) is 11.9 Å². The van der Waals surface area contributed by atoms with Gasteiger partial charge in [0, 0.05) is 23.6 Å². The summed E-state index contributed by atoms with van der Waals surface area (Å²) in [6.07, 6.45) is 0.352. The smallest absolute Gasteiger partial charge is 0.319 e. The largest absolute Gasteiger partial charge is 0.481 e. The van der Waals surface area contributed by atoms with Crippen LogP contribution in [0.5, 0.6) is 0 Å². The molecule has 0 bridgehead atoms. The minimum atomic E-state index is -0.939. The predicted octanol–water partition coefficient (Wildman–Crippen LogP) is 2.29. The van der Waals surface area contributed by atoms with Crippen LogP contribution >= 0.6 is 11.6 Å². The zero-order chi connectivity index (χ0) is 15.0. The fraction of sp³-hybridized carbons (Fsp3) is 0.308. The van der Waals surface area contributed by atoms with E-state index in [9.17, 15) is 14.4 Å². The van der Waals surface area contributed by atoms with Crippen LogP contribution in [0.25, 0.3) is 0 Å². The van der Waals surface area contributed by atoms with Crippen LogP contribution in [0.15, 0.2) is 24.3 Å². The van der Waals surface area contributed by atoms with E-state index < -0.39 is 12.0 Å². The Morgan fingerprint density at radius 3 is 2.35 bits per heavy atom. The number of hydrogen-bond acceptors (Lipinski definition) is 3. The van der Waals surface area contributed by atoms with Gasteiger partial charge in [0.15, 0.2) is 5.78 Å². The molecule has 108 valence electrons. The number of nitrogens with one attached hydrogen (secondary N) is 2. The molecule has 2 amide bonds. The molecular formula is C13H15ClN2O4. The lowest BCUT2D eigenvalue weighted by Crippen LogP contribution is -2.33. The topological polar surface area (TPSA) is 95.5 Å². The van der Waals surface area contributed by atoms with Crippen LogP contribution in [0.3, 0.4) is 0 Å². The van der Waals surface area contributed by atoms with Gasteiger partial charge in [0.25, 0.3) is 0 Å². The third kappa shape index (κ3) is 6.75. The van der Waals surface area contributed by atoms with Crippen molar-refractivity contribution < 1.29 is 19.5 Å². The van der Waals surface area contributed by atoms with Crippen LogP contribution in [0.1, 0.15) is 19.3 Å². The van der Waals surface area contributed by atoms with Gasteiger partial charge in [-0.1, -0.05) is 11.6 Å². The maximum absolute atomic E-state index is 11.5. The number of carboxylic acids is 1. The van der Waals surface area contributed by atoms with E-state index in [-0.39, 0.29) is 31.6 Å². The summed E-state index contributed by atoms with van der Waals surface area (Å²) in [7, 11) is 0. The highest BCUT2D eigenvalue weighted by Gasteiger charge is 2.07. The standard InChI is InChI=1S/C13H15ClN2O4/c14-9-4-6-10(7-5-9)16-13(20)15-8-11(17)2-1-3-12(18)19/h4-7H,1-3,8H2,(H,18,19)(H2,15,16,20). The zero-order valence-electron chi connectivity index (χ0n) is 10.7. The molecule has 0 radical (unpaired) electrons. The van der Waals surface area contributed by atoms with Gasteiger partial charge in [0.2, 0.25) is 0 Å². The van der Waals surface area contributed by atoms with Crippen molar-refractivity contribution in [2.24, 2.45) is 0 Å². The minimum absolute atomic E-state index is 0.0529. The van der Waals surface area contributed by atoms with E-state index in [2.05, 4.69) is 10.6 Å². The Bertz CT molecular complexity index is 488. The van der Waals surface area contributed by atoms with Crippen LogP contribution < -0.4 is 10.6 Å². The number of urea groups is 1.